The second-order valence-electron chi connectivity index (χ2n) is 10.0. The number of anilines is 2. The van der Waals surface area contributed by atoms with Gasteiger partial charge in [0.15, 0.2) is 0 Å². The lowest BCUT2D eigenvalue weighted by Gasteiger charge is -2.27. The Morgan fingerprint density at radius 1 is 1.13 bits per heavy atom. The van der Waals surface area contributed by atoms with Crippen LogP contribution in [0.4, 0.5) is 15.8 Å². The minimum absolute atomic E-state index is 0.0112. The van der Waals surface area contributed by atoms with E-state index in [1.54, 1.807) is 23.1 Å². The molecule has 1 heterocycles. The highest BCUT2D eigenvalue weighted by molar-refractivity contribution is 6.34. The summed E-state index contributed by atoms with van der Waals surface area (Å²) in [6.07, 6.45) is 4.02. The summed E-state index contributed by atoms with van der Waals surface area (Å²) in [4.78, 5) is 39.5. The van der Waals surface area contributed by atoms with Crippen LogP contribution in [0.2, 0.25) is 5.02 Å². The maximum atomic E-state index is 13.8. The van der Waals surface area contributed by atoms with E-state index in [1.165, 1.54) is 19.2 Å². The Bertz CT molecular complexity index is 1410. The summed E-state index contributed by atoms with van der Waals surface area (Å²) in [5, 5.41) is 6.10. The fourth-order valence-electron chi connectivity index (χ4n) is 5.70. The van der Waals surface area contributed by atoms with Gasteiger partial charge in [0.1, 0.15) is 11.6 Å². The number of hydrogen-bond donors (Lipinski definition) is 1. The van der Waals surface area contributed by atoms with E-state index in [0.717, 1.165) is 49.4 Å². The van der Waals surface area contributed by atoms with Crippen molar-refractivity contribution in [3.05, 3.63) is 93.1 Å². The predicted molar refractivity (Wildman–Crippen MR) is 145 cm³/mol. The van der Waals surface area contributed by atoms with E-state index in [4.69, 9.17) is 16.3 Å². The Hall–Kier alpha value is -3.78. The van der Waals surface area contributed by atoms with Crippen molar-refractivity contribution in [1.82, 2.24) is 0 Å². The van der Waals surface area contributed by atoms with E-state index < -0.39 is 11.7 Å². The standard InChI is InChI=1S/C29H27ClFN3O4/c1-38-26-14-18(6-9-24(26)32-27(35)22-15-20(31)7-8-23(22)30)28(36)34-13-12-29(11-10-21(17-29)33-37)16-19-4-2-3-5-25(19)34/h2-9,14-15,21H,10-13,16-17H2,1H3,(H,32,35)/t21?,29-/m0/s1. The third kappa shape index (κ3) is 5.00. The summed E-state index contributed by atoms with van der Waals surface area (Å²) in [5.74, 6) is -1.09. The fraction of sp³-hybridized carbons (Fsp3) is 0.310. The molecule has 0 radical (unpaired) electrons. The number of nitrogens with one attached hydrogen (secondary N) is 1. The van der Waals surface area contributed by atoms with Gasteiger partial charge in [-0.05, 0) is 85.5 Å². The van der Waals surface area contributed by atoms with Crippen LogP contribution in [0.25, 0.3) is 0 Å². The molecule has 2 aliphatic rings. The van der Waals surface area contributed by atoms with Crippen molar-refractivity contribution in [1.29, 1.82) is 0 Å². The molecule has 1 spiro atoms. The van der Waals surface area contributed by atoms with Gasteiger partial charge in [0.05, 0.1) is 29.4 Å². The molecule has 1 aliphatic heterocycles. The molecule has 1 unspecified atom stereocenters. The van der Waals surface area contributed by atoms with Gasteiger partial charge >= 0.3 is 0 Å². The van der Waals surface area contributed by atoms with Crippen LogP contribution in [0.1, 0.15) is 52.0 Å². The molecule has 2 amide bonds. The van der Waals surface area contributed by atoms with Crippen molar-refractivity contribution in [2.24, 2.45) is 10.6 Å². The highest BCUT2D eigenvalue weighted by Gasteiger charge is 2.42. The minimum atomic E-state index is -0.599. The third-order valence-electron chi connectivity index (χ3n) is 7.65. The van der Waals surface area contributed by atoms with Gasteiger partial charge in [0.25, 0.3) is 11.8 Å². The van der Waals surface area contributed by atoms with Crippen LogP contribution in [0.15, 0.2) is 65.8 Å². The average Bonchev–Trinajstić information content (AvgIpc) is 3.25. The van der Waals surface area contributed by atoms with Gasteiger partial charge in [0.2, 0.25) is 0 Å². The van der Waals surface area contributed by atoms with Crippen LogP contribution in [-0.2, 0) is 6.42 Å². The molecule has 196 valence electrons. The van der Waals surface area contributed by atoms with Crippen molar-refractivity contribution >= 4 is 34.8 Å². The Kier molecular flexibility index (Phi) is 7.17. The lowest BCUT2D eigenvalue weighted by atomic mass is 9.77. The van der Waals surface area contributed by atoms with Gasteiger partial charge in [-0.2, -0.15) is 4.91 Å². The number of para-hydroxylation sites is 1. The lowest BCUT2D eigenvalue weighted by molar-refractivity contribution is 0.0983. The maximum absolute atomic E-state index is 13.8. The Morgan fingerprint density at radius 2 is 1.95 bits per heavy atom. The summed E-state index contributed by atoms with van der Waals surface area (Å²) in [6, 6.07) is 16.0. The van der Waals surface area contributed by atoms with Gasteiger partial charge in [-0.15, -0.1) is 0 Å². The first-order valence-corrected chi connectivity index (χ1v) is 12.9. The van der Waals surface area contributed by atoms with Crippen molar-refractivity contribution in [2.75, 3.05) is 23.9 Å². The molecular formula is C29H27ClFN3O4. The molecule has 1 aliphatic carbocycles. The van der Waals surface area contributed by atoms with Crippen LogP contribution in [0.5, 0.6) is 5.75 Å². The van der Waals surface area contributed by atoms with E-state index >= 15 is 0 Å². The average molecular weight is 536 g/mol. The molecule has 7 nitrogen and oxygen atoms in total. The first kappa shape index (κ1) is 25.9. The van der Waals surface area contributed by atoms with Crippen molar-refractivity contribution in [3.8, 4) is 5.75 Å². The van der Waals surface area contributed by atoms with Crippen LogP contribution in [0.3, 0.4) is 0 Å². The number of amides is 2. The summed E-state index contributed by atoms with van der Waals surface area (Å²) in [5.41, 5.74) is 2.59. The van der Waals surface area contributed by atoms with Crippen molar-refractivity contribution < 1.29 is 18.7 Å². The molecule has 2 atom stereocenters. The number of halogens is 2. The van der Waals surface area contributed by atoms with E-state index in [9.17, 15) is 18.9 Å². The number of ether oxygens (including phenoxy) is 1. The van der Waals surface area contributed by atoms with Crippen LogP contribution < -0.4 is 15.0 Å². The SMILES string of the molecule is COc1cc(C(=O)N2CC[C@@]3(CCC(N=O)C3)Cc3ccccc32)ccc1NC(=O)c1cc(F)ccc1Cl. The molecule has 5 rings (SSSR count). The number of carbonyl (C=O) groups is 2. The third-order valence-corrected chi connectivity index (χ3v) is 7.98. The largest absolute Gasteiger partial charge is 0.495 e. The topological polar surface area (TPSA) is 88.1 Å². The van der Waals surface area contributed by atoms with E-state index in [0.29, 0.717) is 17.8 Å². The Labute approximate surface area is 224 Å². The fourth-order valence-corrected chi connectivity index (χ4v) is 5.90. The molecule has 1 N–H and O–H groups in total. The first-order chi connectivity index (χ1) is 18.3. The normalized spacial score (nSPS) is 20.5. The Balaban J connectivity index is 1.41. The summed E-state index contributed by atoms with van der Waals surface area (Å²) in [7, 11) is 1.44. The summed E-state index contributed by atoms with van der Waals surface area (Å²) >= 11 is 6.07. The second kappa shape index (κ2) is 10.5. The van der Waals surface area contributed by atoms with E-state index in [-0.39, 0.29) is 33.7 Å². The first-order valence-electron chi connectivity index (χ1n) is 12.5. The molecule has 38 heavy (non-hydrogen) atoms. The zero-order valence-corrected chi connectivity index (χ0v) is 21.6. The van der Waals surface area contributed by atoms with Gasteiger partial charge < -0.3 is 15.0 Å². The zero-order valence-electron chi connectivity index (χ0n) is 20.9. The molecule has 3 aromatic carbocycles. The highest BCUT2D eigenvalue weighted by atomic mass is 35.5. The Morgan fingerprint density at radius 3 is 2.71 bits per heavy atom. The molecular weight excluding hydrogens is 509 g/mol. The van der Waals surface area contributed by atoms with Gasteiger partial charge in [-0.25, -0.2) is 4.39 Å². The number of rotatable bonds is 5. The smallest absolute Gasteiger partial charge is 0.258 e. The number of nitrogens with zero attached hydrogens (tertiary/aromatic N) is 2. The van der Waals surface area contributed by atoms with E-state index in [1.807, 2.05) is 24.3 Å². The second-order valence-corrected chi connectivity index (χ2v) is 10.4. The number of fused-ring (bicyclic) bond motifs is 1. The van der Waals surface area contributed by atoms with Crippen LogP contribution in [-0.4, -0.2) is 31.5 Å². The zero-order chi connectivity index (χ0) is 26.9. The van der Waals surface area contributed by atoms with Gasteiger partial charge in [-0.3, -0.25) is 9.59 Å². The number of methoxy groups -OCH3 is 1. The monoisotopic (exact) mass is 535 g/mol. The van der Waals surface area contributed by atoms with Crippen LogP contribution in [0, 0.1) is 16.1 Å². The lowest BCUT2D eigenvalue weighted by Crippen LogP contribution is -2.33. The molecule has 9 heteroatoms. The summed E-state index contributed by atoms with van der Waals surface area (Å²) < 4.78 is 19.1. The maximum Gasteiger partial charge on any atom is 0.258 e. The quantitative estimate of drug-likeness (QED) is 0.371. The molecule has 0 aromatic heterocycles. The predicted octanol–water partition coefficient (Wildman–Crippen LogP) is 6.64. The number of hydrogen-bond acceptors (Lipinski definition) is 5. The molecule has 3 aromatic rings. The van der Waals surface area contributed by atoms with Gasteiger partial charge in [0, 0.05) is 17.8 Å². The van der Waals surface area contributed by atoms with Crippen LogP contribution >= 0.6 is 11.6 Å². The molecule has 1 fully saturated rings. The minimum Gasteiger partial charge on any atom is -0.495 e. The summed E-state index contributed by atoms with van der Waals surface area (Å²) in [6.45, 7) is 0.514. The molecule has 0 saturated heterocycles. The number of carbonyl (C=O) groups excluding carboxylic acids is 2. The highest BCUT2D eigenvalue weighted by Crippen LogP contribution is 2.48. The van der Waals surface area contributed by atoms with E-state index in [2.05, 4.69) is 10.5 Å². The van der Waals surface area contributed by atoms with Crippen molar-refractivity contribution in [3.63, 3.8) is 0 Å². The van der Waals surface area contributed by atoms with Crippen molar-refractivity contribution in [2.45, 2.75) is 38.1 Å². The van der Waals surface area contributed by atoms with Gasteiger partial charge in [-0.1, -0.05) is 35.0 Å². The molecule has 0 bridgehead atoms. The number of benzene rings is 3. The number of nitroso groups, excluding NO2 is 1. The molecule has 1 saturated carbocycles.